The van der Waals surface area contributed by atoms with Crippen LogP contribution in [-0.4, -0.2) is 33.2 Å². The molecule has 1 aliphatic carbocycles. The van der Waals surface area contributed by atoms with Crippen LogP contribution in [-0.2, 0) is 7.05 Å². The lowest BCUT2D eigenvalue weighted by Gasteiger charge is -2.28. The van der Waals surface area contributed by atoms with Crippen LogP contribution in [0.15, 0.2) is 4.79 Å². The van der Waals surface area contributed by atoms with E-state index in [0.717, 1.165) is 19.3 Å². The van der Waals surface area contributed by atoms with Crippen molar-refractivity contribution in [1.82, 2.24) is 15.1 Å². The molecule has 1 N–H and O–H groups in total. The molecular weight excluding hydrogens is 286 g/mol. The van der Waals surface area contributed by atoms with Crippen molar-refractivity contribution in [2.45, 2.75) is 50.8 Å². The number of amides is 1. The van der Waals surface area contributed by atoms with Crippen molar-refractivity contribution in [1.29, 1.82) is 0 Å². The molecule has 0 saturated heterocycles. The van der Waals surface area contributed by atoms with E-state index in [9.17, 15) is 9.59 Å². The predicted molar refractivity (Wildman–Crippen MR) is 86.0 cm³/mol. The highest BCUT2D eigenvalue weighted by atomic mass is 32.2. The summed E-state index contributed by atoms with van der Waals surface area (Å²) < 4.78 is 1.24. The molecular formula is C15H23N3O2S. The fourth-order valence-corrected chi connectivity index (χ4v) is 3.69. The maximum absolute atomic E-state index is 12.5. The molecule has 1 saturated carbocycles. The summed E-state index contributed by atoms with van der Waals surface area (Å²) in [4.78, 5) is 24.7. The molecule has 1 amide bonds. The third-order valence-electron chi connectivity index (χ3n) is 4.25. The van der Waals surface area contributed by atoms with E-state index in [2.05, 4.69) is 16.7 Å². The maximum Gasteiger partial charge on any atom is 0.279 e. The van der Waals surface area contributed by atoms with Crippen molar-refractivity contribution in [2.24, 2.45) is 7.05 Å². The number of hydrogen-bond acceptors (Lipinski definition) is 4. The van der Waals surface area contributed by atoms with E-state index < -0.39 is 0 Å². The van der Waals surface area contributed by atoms with Gasteiger partial charge in [0.15, 0.2) is 0 Å². The van der Waals surface area contributed by atoms with Crippen LogP contribution in [0.1, 0.15) is 47.3 Å². The Morgan fingerprint density at radius 2 is 2.10 bits per heavy atom. The Kier molecular flexibility index (Phi) is 5.08. The lowest BCUT2D eigenvalue weighted by atomic mass is 9.94. The number of nitrogens with one attached hydrogen (secondary N) is 1. The van der Waals surface area contributed by atoms with Crippen LogP contribution in [0.4, 0.5) is 0 Å². The van der Waals surface area contributed by atoms with Crippen molar-refractivity contribution in [3.8, 4) is 0 Å². The average Bonchev–Trinajstić information content (AvgIpc) is 2.45. The minimum atomic E-state index is -0.326. The van der Waals surface area contributed by atoms with E-state index >= 15 is 0 Å². The highest BCUT2D eigenvalue weighted by Gasteiger charge is 2.25. The van der Waals surface area contributed by atoms with Crippen LogP contribution in [0.2, 0.25) is 0 Å². The van der Waals surface area contributed by atoms with E-state index in [0.29, 0.717) is 16.5 Å². The SMILES string of the molecule is CS[C@@H]1CCC[C@H](NC(=O)c2c(C)c(C)nn(C)c2=O)C1. The van der Waals surface area contributed by atoms with E-state index in [4.69, 9.17) is 0 Å². The van der Waals surface area contributed by atoms with Crippen LogP contribution >= 0.6 is 11.8 Å². The molecule has 116 valence electrons. The van der Waals surface area contributed by atoms with Crippen LogP contribution in [0.3, 0.4) is 0 Å². The molecule has 21 heavy (non-hydrogen) atoms. The van der Waals surface area contributed by atoms with Gasteiger partial charge in [0.05, 0.1) is 5.69 Å². The molecule has 0 unspecified atom stereocenters. The first kappa shape index (κ1) is 16.1. The van der Waals surface area contributed by atoms with Gasteiger partial charge in [0.1, 0.15) is 5.56 Å². The molecule has 0 aliphatic heterocycles. The van der Waals surface area contributed by atoms with Crippen molar-refractivity contribution in [3.05, 3.63) is 27.2 Å². The monoisotopic (exact) mass is 309 g/mol. The molecule has 1 aromatic rings. The molecule has 1 aliphatic rings. The van der Waals surface area contributed by atoms with Crippen LogP contribution in [0.25, 0.3) is 0 Å². The summed E-state index contributed by atoms with van der Waals surface area (Å²) in [5.41, 5.74) is 1.30. The van der Waals surface area contributed by atoms with Gasteiger partial charge >= 0.3 is 0 Å². The van der Waals surface area contributed by atoms with Gasteiger partial charge in [-0.1, -0.05) is 6.42 Å². The number of rotatable bonds is 3. The molecule has 1 fully saturated rings. The second-order valence-corrected chi connectivity index (χ2v) is 6.85. The Hall–Kier alpha value is -1.30. The predicted octanol–water partition coefficient (Wildman–Crippen LogP) is 1.80. The molecule has 2 atom stereocenters. The third-order valence-corrected chi connectivity index (χ3v) is 5.34. The number of carbonyl (C=O) groups is 1. The summed E-state index contributed by atoms with van der Waals surface area (Å²) in [6.07, 6.45) is 6.43. The number of carbonyl (C=O) groups excluding carboxylic acids is 1. The first-order valence-electron chi connectivity index (χ1n) is 7.32. The molecule has 0 aromatic carbocycles. The van der Waals surface area contributed by atoms with Gasteiger partial charge in [-0.05, 0) is 44.9 Å². The number of aromatic nitrogens is 2. The fraction of sp³-hybridized carbons (Fsp3) is 0.667. The molecule has 6 heteroatoms. The van der Waals surface area contributed by atoms with E-state index in [1.807, 2.05) is 18.7 Å². The number of thioether (sulfide) groups is 1. The standard InChI is InChI=1S/C15H23N3O2S/c1-9-10(2)17-18(3)15(20)13(9)14(19)16-11-6-5-7-12(8-11)21-4/h11-12H,5-8H2,1-4H3,(H,16,19)/t11-,12+/m0/s1. The zero-order valence-corrected chi connectivity index (χ0v) is 13.9. The molecule has 1 heterocycles. The summed E-state index contributed by atoms with van der Waals surface area (Å²) in [6.45, 7) is 3.60. The number of nitrogens with zero attached hydrogens (tertiary/aromatic N) is 2. The van der Waals surface area contributed by atoms with Gasteiger partial charge in [-0.3, -0.25) is 9.59 Å². The Labute approximate surface area is 129 Å². The Morgan fingerprint density at radius 1 is 1.38 bits per heavy atom. The Morgan fingerprint density at radius 3 is 2.76 bits per heavy atom. The summed E-state index contributed by atoms with van der Waals surface area (Å²) >= 11 is 1.86. The van der Waals surface area contributed by atoms with Gasteiger partial charge in [-0.2, -0.15) is 16.9 Å². The van der Waals surface area contributed by atoms with Crippen LogP contribution < -0.4 is 10.9 Å². The zero-order valence-electron chi connectivity index (χ0n) is 13.1. The topological polar surface area (TPSA) is 64.0 Å². The highest BCUT2D eigenvalue weighted by molar-refractivity contribution is 7.99. The average molecular weight is 309 g/mol. The van der Waals surface area contributed by atoms with E-state index in [1.165, 1.54) is 11.1 Å². The van der Waals surface area contributed by atoms with Crippen molar-refractivity contribution in [2.75, 3.05) is 6.26 Å². The van der Waals surface area contributed by atoms with Crippen molar-refractivity contribution < 1.29 is 4.79 Å². The summed E-state index contributed by atoms with van der Waals surface area (Å²) in [5, 5.41) is 7.75. The largest absolute Gasteiger partial charge is 0.349 e. The number of hydrogen-bond donors (Lipinski definition) is 1. The van der Waals surface area contributed by atoms with Crippen molar-refractivity contribution >= 4 is 17.7 Å². The van der Waals surface area contributed by atoms with Gasteiger partial charge in [0.25, 0.3) is 11.5 Å². The quantitative estimate of drug-likeness (QED) is 0.925. The lowest BCUT2D eigenvalue weighted by molar-refractivity contribution is 0.0925. The Bertz CT molecular complexity index is 597. The molecule has 2 rings (SSSR count). The first-order chi connectivity index (χ1) is 9.93. The van der Waals surface area contributed by atoms with E-state index in [-0.39, 0.29) is 23.1 Å². The minimum Gasteiger partial charge on any atom is -0.349 e. The smallest absolute Gasteiger partial charge is 0.279 e. The van der Waals surface area contributed by atoms with Gasteiger partial charge in [-0.25, -0.2) is 4.68 Å². The first-order valence-corrected chi connectivity index (χ1v) is 8.61. The molecule has 1 aromatic heterocycles. The number of aryl methyl sites for hydroxylation is 2. The van der Waals surface area contributed by atoms with Gasteiger partial charge < -0.3 is 5.32 Å². The molecule has 0 spiro atoms. The van der Waals surface area contributed by atoms with Crippen LogP contribution in [0.5, 0.6) is 0 Å². The minimum absolute atomic E-state index is 0.168. The molecule has 0 radical (unpaired) electrons. The van der Waals surface area contributed by atoms with E-state index in [1.54, 1.807) is 14.0 Å². The summed E-state index contributed by atoms with van der Waals surface area (Å²) in [5.74, 6) is -0.259. The summed E-state index contributed by atoms with van der Waals surface area (Å²) in [6, 6.07) is 0.168. The normalized spacial score (nSPS) is 22.1. The molecule has 5 nitrogen and oxygen atoms in total. The Balaban J connectivity index is 2.19. The molecule has 0 bridgehead atoms. The van der Waals surface area contributed by atoms with Gasteiger partial charge in [0.2, 0.25) is 0 Å². The highest BCUT2D eigenvalue weighted by Crippen LogP contribution is 2.27. The van der Waals surface area contributed by atoms with Gasteiger partial charge in [-0.15, -0.1) is 0 Å². The lowest BCUT2D eigenvalue weighted by Crippen LogP contribution is -2.42. The van der Waals surface area contributed by atoms with Crippen LogP contribution in [0, 0.1) is 13.8 Å². The second-order valence-electron chi connectivity index (χ2n) is 5.71. The third kappa shape index (κ3) is 3.48. The van der Waals surface area contributed by atoms with Gasteiger partial charge in [0, 0.05) is 18.3 Å². The van der Waals surface area contributed by atoms with Crippen molar-refractivity contribution in [3.63, 3.8) is 0 Å². The second kappa shape index (κ2) is 6.64. The fourth-order valence-electron chi connectivity index (χ4n) is 2.86. The zero-order chi connectivity index (χ0) is 15.6. The summed E-state index contributed by atoms with van der Waals surface area (Å²) in [7, 11) is 1.58. The maximum atomic E-state index is 12.5.